The molecule has 3 fully saturated rings. The van der Waals surface area contributed by atoms with Gasteiger partial charge in [0.2, 0.25) is 0 Å². The van der Waals surface area contributed by atoms with Crippen molar-refractivity contribution in [3.8, 4) is 0 Å². The average molecular weight is 237 g/mol. The van der Waals surface area contributed by atoms with Crippen LogP contribution in [-0.2, 0) is 0 Å². The molecule has 0 spiro atoms. The number of fused-ring (bicyclic) bond motifs is 2. The quantitative estimate of drug-likeness (QED) is 0.749. The highest BCUT2D eigenvalue weighted by Gasteiger charge is 2.40. The normalized spacial score (nSPS) is 41.6. The van der Waals surface area contributed by atoms with Crippen LogP contribution in [0.4, 0.5) is 0 Å². The highest BCUT2D eigenvalue weighted by Crippen LogP contribution is 2.37. The Morgan fingerprint density at radius 2 is 1.47 bits per heavy atom. The van der Waals surface area contributed by atoms with Crippen LogP contribution in [0.3, 0.4) is 0 Å². The van der Waals surface area contributed by atoms with Gasteiger partial charge in [-0.25, -0.2) is 0 Å². The molecule has 3 heteroatoms. The molecule has 0 radical (unpaired) electrons. The first kappa shape index (κ1) is 11.9. The van der Waals surface area contributed by atoms with Gasteiger partial charge in [0.1, 0.15) is 0 Å². The van der Waals surface area contributed by atoms with Gasteiger partial charge in [-0.3, -0.25) is 4.90 Å². The van der Waals surface area contributed by atoms with Gasteiger partial charge in [-0.1, -0.05) is 6.42 Å². The number of hydrogen-bond donors (Lipinski definition) is 1. The standard InChI is InChI=1S/C14H27N3/c1-16-7-5-12(6-8-16)17-13-3-2-4-14(17)10-11(15)9-13/h11-14H,2-10,15H2,1H3. The second-order valence-electron chi connectivity index (χ2n) is 6.45. The minimum atomic E-state index is 0.479. The summed E-state index contributed by atoms with van der Waals surface area (Å²) in [5.74, 6) is 0. The second kappa shape index (κ2) is 4.87. The molecule has 2 atom stereocenters. The van der Waals surface area contributed by atoms with Crippen LogP contribution in [0, 0.1) is 0 Å². The first-order chi connectivity index (χ1) is 8.24. The van der Waals surface area contributed by atoms with Crippen molar-refractivity contribution >= 4 is 0 Å². The van der Waals surface area contributed by atoms with Gasteiger partial charge in [-0.2, -0.15) is 0 Å². The fraction of sp³-hybridized carbons (Fsp3) is 1.00. The van der Waals surface area contributed by atoms with Crippen molar-refractivity contribution in [2.75, 3.05) is 20.1 Å². The first-order valence-electron chi connectivity index (χ1n) is 7.45. The van der Waals surface area contributed by atoms with E-state index in [-0.39, 0.29) is 0 Å². The lowest BCUT2D eigenvalue weighted by Crippen LogP contribution is -2.60. The molecule has 3 heterocycles. The lowest BCUT2D eigenvalue weighted by Gasteiger charge is -2.53. The number of piperidine rings is 3. The summed E-state index contributed by atoms with van der Waals surface area (Å²) in [6, 6.07) is 2.96. The number of nitrogens with two attached hydrogens (primary N) is 1. The molecule has 3 nitrogen and oxygen atoms in total. The number of rotatable bonds is 1. The summed E-state index contributed by atoms with van der Waals surface area (Å²) in [5, 5.41) is 0. The lowest BCUT2D eigenvalue weighted by molar-refractivity contribution is -0.0240. The minimum absolute atomic E-state index is 0.479. The van der Waals surface area contributed by atoms with Crippen molar-refractivity contribution in [1.82, 2.24) is 9.80 Å². The fourth-order valence-corrected chi connectivity index (χ4v) is 4.35. The smallest absolute Gasteiger partial charge is 0.0125 e. The van der Waals surface area contributed by atoms with E-state index in [1.165, 1.54) is 58.0 Å². The zero-order valence-electron chi connectivity index (χ0n) is 11.1. The van der Waals surface area contributed by atoms with Crippen LogP contribution in [0.1, 0.15) is 44.9 Å². The van der Waals surface area contributed by atoms with Crippen molar-refractivity contribution < 1.29 is 0 Å². The third-order valence-electron chi connectivity index (χ3n) is 5.18. The minimum Gasteiger partial charge on any atom is -0.328 e. The molecule has 98 valence electrons. The van der Waals surface area contributed by atoms with Crippen LogP contribution in [-0.4, -0.2) is 54.1 Å². The van der Waals surface area contributed by atoms with Crippen LogP contribution < -0.4 is 5.73 Å². The van der Waals surface area contributed by atoms with Crippen molar-refractivity contribution in [3.63, 3.8) is 0 Å². The fourth-order valence-electron chi connectivity index (χ4n) is 4.35. The zero-order valence-corrected chi connectivity index (χ0v) is 11.1. The monoisotopic (exact) mass is 237 g/mol. The van der Waals surface area contributed by atoms with E-state index in [9.17, 15) is 0 Å². The Balaban J connectivity index is 1.69. The summed E-state index contributed by atoms with van der Waals surface area (Å²) in [7, 11) is 2.25. The van der Waals surface area contributed by atoms with Gasteiger partial charge in [0, 0.05) is 24.2 Å². The molecule has 2 bridgehead atoms. The predicted molar refractivity (Wildman–Crippen MR) is 71.0 cm³/mol. The van der Waals surface area contributed by atoms with Crippen molar-refractivity contribution in [2.24, 2.45) is 5.73 Å². The van der Waals surface area contributed by atoms with Crippen LogP contribution in [0.2, 0.25) is 0 Å². The molecule has 3 aliphatic rings. The van der Waals surface area contributed by atoms with Gasteiger partial charge in [-0.15, -0.1) is 0 Å². The van der Waals surface area contributed by atoms with Crippen LogP contribution in [0.25, 0.3) is 0 Å². The van der Waals surface area contributed by atoms with Gasteiger partial charge < -0.3 is 10.6 Å². The van der Waals surface area contributed by atoms with Crippen LogP contribution >= 0.6 is 0 Å². The second-order valence-corrected chi connectivity index (χ2v) is 6.45. The summed E-state index contributed by atoms with van der Waals surface area (Å²) in [4.78, 5) is 5.36. The topological polar surface area (TPSA) is 32.5 Å². The molecule has 2 unspecified atom stereocenters. The van der Waals surface area contributed by atoms with Crippen LogP contribution in [0.15, 0.2) is 0 Å². The predicted octanol–water partition coefficient (Wildman–Crippen LogP) is 1.42. The highest BCUT2D eigenvalue weighted by atomic mass is 15.3. The zero-order chi connectivity index (χ0) is 11.8. The summed E-state index contributed by atoms with van der Waals surface area (Å²) in [5.41, 5.74) is 6.20. The summed E-state index contributed by atoms with van der Waals surface area (Å²) < 4.78 is 0. The molecule has 0 aliphatic carbocycles. The molecule has 2 N–H and O–H groups in total. The SMILES string of the molecule is CN1CCC(N2C3CCCC2CC(N)C3)CC1. The molecule has 0 aromatic rings. The molecule has 3 aliphatic heterocycles. The van der Waals surface area contributed by atoms with Gasteiger partial charge in [0.05, 0.1) is 0 Å². The van der Waals surface area contributed by atoms with Gasteiger partial charge >= 0.3 is 0 Å². The van der Waals surface area contributed by atoms with Gasteiger partial charge in [-0.05, 0) is 58.7 Å². The van der Waals surface area contributed by atoms with Gasteiger partial charge in [0.25, 0.3) is 0 Å². The molecular formula is C14H27N3. The number of likely N-dealkylation sites (tertiary alicyclic amines) is 1. The molecule has 0 aromatic carbocycles. The Hall–Kier alpha value is -0.120. The Labute approximate surface area is 105 Å². The number of nitrogens with zero attached hydrogens (tertiary/aromatic N) is 2. The van der Waals surface area contributed by atoms with E-state index >= 15 is 0 Å². The molecule has 17 heavy (non-hydrogen) atoms. The molecule has 3 rings (SSSR count). The van der Waals surface area contributed by atoms with E-state index in [1.54, 1.807) is 0 Å². The third-order valence-corrected chi connectivity index (χ3v) is 5.18. The molecular weight excluding hydrogens is 210 g/mol. The summed E-state index contributed by atoms with van der Waals surface area (Å²) in [6.07, 6.45) is 9.49. The van der Waals surface area contributed by atoms with E-state index in [0.717, 1.165) is 18.1 Å². The van der Waals surface area contributed by atoms with E-state index in [1.807, 2.05) is 0 Å². The van der Waals surface area contributed by atoms with Crippen LogP contribution in [0.5, 0.6) is 0 Å². The Bertz CT molecular complexity index is 246. The van der Waals surface area contributed by atoms with Crippen molar-refractivity contribution in [1.29, 1.82) is 0 Å². The highest BCUT2D eigenvalue weighted by molar-refractivity contribution is 4.97. The molecule has 0 amide bonds. The van der Waals surface area contributed by atoms with E-state index in [4.69, 9.17) is 5.73 Å². The Morgan fingerprint density at radius 3 is 2.06 bits per heavy atom. The Kier molecular flexibility index (Phi) is 3.42. The molecule has 0 aromatic heterocycles. The van der Waals surface area contributed by atoms with E-state index in [0.29, 0.717) is 6.04 Å². The summed E-state index contributed by atoms with van der Waals surface area (Å²) in [6.45, 7) is 2.57. The average Bonchev–Trinajstić information content (AvgIpc) is 2.29. The van der Waals surface area contributed by atoms with Crippen molar-refractivity contribution in [2.45, 2.75) is 69.1 Å². The maximum absolute atomic E-state index is 6.20. The Morgan fingerprint density at radius 1 is 0.882 bits per heavy atom. The lowest BCUT2D eigenvalue weighted by atomic mass is 9.80. The van der Waals surface area contributed by atoms with E-state index < -0.39 is 0 Å². The van der Waals surface area contributed by atoms with Crippen molar-refractivity contribution in [3.05, 3.63) is 0 Å². The molecule has 3 saturated heterocycles. The molecule has 0 saturated carbocycles. The third kappa shape index (κ3) is 2.38. The maximum Gasteiger partial charge on any atom is 0.0125 e. The van der Waals surface area contributed by atoms with E-state index in [2.05, 4.69) is 16.8 Å². The largest absolute Gasteiger partial charge is 0.328 e. The van der Waals surface area contributed by atoms with Gasteiger partial charge in [0.15, 0.2) is 0 Å². The first-order valence-corrected chi connectivity index (χ1v) is 7.45. The maximum atomic E-state index is 6.20. The summed E-state index contributed by atoms with van der Waals surface area (Å²) >= 11 is 0. The number of hydrogen-bond acceptors (Lipinski definition) is 3.